The van der Waals surface area contributed by atoms with Gasteiger partial charge in [-0.05, 0) is 0 Å². The van der Waals surface area contributed by atoms with E-state index < -0.39 is 24.5 Å². The summed E-state index contributed by atoms with van der Waals surface area (Å²) in [5.41, 5.74) is 0. The van der Waals surface area contributed by atoms with Crippen LogP contribution >= 0.6 is 0 Å². The monoisotopic (exact) mass is 210 g/mol. The van der Waals surface area contributed by atoms with E-state index in [9.17, 15) is 4.79 Å². The summed E-state index contributed by atoms with van der Waals surface area (Å²) in [6.45, 7) is 1.91. The van der Waals surface area contributed by atoms with E-state index in [4.69, 9.17) is 30.0 Å². The molecule has 7 nitrogen and oxygen atoms in total. The van der Waals surface area contributed by atoms with Crippen molar-refractivity contribution in [2.75, 3.05) is 6.61 Å². The van der Waals surface area contributed by atoms with Crippen molar-refractivity contribution in [1.29, 1.82) is 0 Å². The smallest absolute Gasteiger partial charge is 0.329 e. The molecule has 0 fully saturated rings. The number of aliphatic hydroxyl groups excluding tert-OH is 1. The van der Waals surface area contributed by atoms with E-state index in [0.29, 0.717) is 0 Å². The van der Waals surface area contributed by atoms with Crippen molar-refractivity contribution in [1.82, 2.24) is 0 Å². The minimum Gasteiger partial charge on any atom is -0.481 e. The van der Waals surface area contributed by atoms with Gasteiger partial charge in [-0.25, -0.2) is 4.79 Å². The van der Waals surface area contributed by atoms with Gasteiger partial charge in [-0.3, -0.25) is 9.59 Å². The highest BCUT2D eigenvalue weighted by molar-refractivity contribution is 5.67. The fraction of sp³-hybridized carbons (Fsp3) is 0.571. The molecule has 0 amide bonds. The summed E-state index contributed by atoms with van der Waals surface area (Å²) in [5.74, 6) is -2.77. The van der Waals surface area contributed by atoms with Gasteiger partial charge in [0.05, 0.1) is 0 Å². The van der Waals surface area contributed by atoms with Gasteiger partial charge in [0.1, 0.15) is 6.61 Å². The van der Waals surface area contributed by atoms with Gasteiger partial charge in [-0.1, -0.05) is 6.92 Å². The predicted molar refractivity (Wildman–Crippen MR) is 46.0 cm³/mol. The summed E-state index contributed by atoms with van der Waals surface area (Å²) in [6.07, 6.45) is 0.222. The Morgan fingerprint density at radius 1 is 1.00 bits per heavy atom. The van der Waals surface area contributed by atoms with Crippen molar-refractivity contribution in [3.63, 3.8) is 0 Å². The Kier molecular flexibility index (Phi) is 18.1. The lowest BCUT2D eigenvalue weighted by atomic mass is 10.5. The fourth-order valence-electron chi connectivity index (χ4n) is 0. The Hall–Kier alpha value is -1.63. The molecule has 0 bridgehead atoms. The molecule has 0 spiro atoms. The zero-order chi connectivity index (χ0) is 12.1. The quantitative estimate of drug-likeness (QED) is 0.489. The number of hydrogen-bond acceptors (Lipinski definition) is 4. The number of carboxylic acid groups (broad SMARTS) is 3. The summed E-state index contributed by atoms with van der Waals surface area (Å²) < 4.78 is 0. The molecule has 0 aliphatic rings. The molecule has 0 saturated carbocycles. The molecule has 0 unspecified atom stereocenters. The summed E-state index contributed by atoms with van der Waals surface area (Å²) in [6, 6.07) is 0. The average molecular weight is 210 g/mol. The van der Waals surface area contributed by atoms with E-state index >= 15 is 0 Å². The van der Waals surface area contributed by atoms with Crippen LogP contribution in [0.4, 0.5) is 0 Å². The van der Waals surface area contributed by atoms with Crippen LogP contribution in [0.15, 0.2) is 0 Å². The molecule has 0 aliphatic heterocycles. The van der Waals surface area contributed by atoms with E-state index in [2.05, 4.69) is 0 Å². The van der Waals surface area contributed by atoms with Crippen LogP contribution in [0, 0.1) is 0 Å². The number of aliphatic hydroxyl groups is 1. The highest BCUT2D eigenvalue weighted by atomic mass is 16.4. The number of carboxylic acids is 3. The van der Waals surface area contributed by atoms with Gasteiger partial charge >= 0.3 is 11.9 Å². The fourth-order valence-corrected chi connectivity index (χ4v) is 0. The zero-order valence-electron chi connectivity index (χ0n) is 7.93. The first-order valence-corrected chi connectivity index (χ1v) is 3.51. The topological polar surface area (TPSA) is 132 Å². The summed E-state index contributed by atoms with van der Waals surface area (Å²) in [7, 11) is 0. The molecule has 84 valence electrons. The minimum atomic E-state index is -1.19. The first-order chi connectivity index (χ1) is 6.27. The van der Waals surface area contributed by atoms with Crippen LogP contribution in [0.3, 0.4) is 0 Å². The van der Waals surface area contributed by atoms with Crippen LogP contribution < -0.4 is 0 Å². The maximum absolute atomic E-state index is 9.37. The second kappa shape index (κ2) is 13.9. The molecule has 0 saturated heterocycles. The van der Waals surface area contributed by atoms with E-state index in [1.54, 1.807) is 6.92 Å². The van der Waals surface area contributed by atoms with E-state index in [-0.39, 0.29) is 6.42 Å². The molecule has 0 rings (SSSR count). The number of rotatable bonds is 2. The number of hydrogen-bond donors (Lipinski definition) is 4. The molecule has 0 aromatic rings. The molecule has 14 heavy (non-hydrogen) atoms. The highest BCUT2D eigenvalue weighted by Gasteiger charge is 1.82. The van der Waals surface area contributed by atoms with E-state index in [0.717, 1.165) is 6.92 Å². The molecule has 0 radical (unpaired) electrons. The zero-order valence-corrected chi connectivity index (χ0v) is 7.93. The van der Waals surface area contributed by atoms with E-state index in [1.807, 2.05) is 0 Å². The number of aliphatic carboxylic acids is 3. The molecule has 0 atom stereocenters. The Morgan fingerprint density at radius 2 is 1.14 bits per heavy atom. The maximum Gasteiger partial charge on any atom is 0.329 e. The molecule has 0 aliphatic carbocycles. The summed E-state index contributed by atoms with van der Waals surface area (Å²) in [4.78, 5) is 27.5. The van der Waals surface area contributed by atoms with Crippen LogP contribution in [0.2, 0.25) is 0 Å². The lowest BCUT2D eigenvalue weighted by Gasteiger charge is -1.72. The van der Waals surface area contributed by atoms with Crippen molar-refractivity contribution in [2.24, 2.45) is 0 Å². The van der Waals surface area contributed by atoms with Crippen LogP contribution in [-0.4, -0.2) is 44.9 Å². The standard InChI is InChI=1S/C3H6O2.C2H4O3.C2H4O2/c1-2-3(4)5;3-1-2(4)5;1-2(3)4/h2H2,1H3,(H,4,5);3H,1H2,(H,4,5);1H3,(H,3,4). The third-order valence-electron chi connectivity index (χ3n) is 0.438. The Balaban J connectivity index is -0.000000131. The summed E-state index contributed by atoms with van der Waals surface area (Å²) >= 11 is 0. The lowest BCUT2D eigenvalue weighted by molar-refractivity contribution is -0.140. The van der Waals surface area contributed by atoms with Gasteiger partial charge in [-0.15, -0.1) is 0 Å². The van der Waals surface area contributed by atoms with Crippen LogP contribution in [-0.2, 0) is 14.4 Å². The third kappa shape index (κ3) is 162. The maximum atomic E-state index is 9.37. The van der Waals surface area contributed by atoms with Crippen LogP contribution in [0.5, 0.6) is 0 Å². The minimum absolute atomic E-state index is 0.222. The predicted octanol–water partition coefficient (Wildman–Crippen LogP) is -0.365. The second-order valence-electron chi connectivity index (χ2n) is 1.82. The Labute approximate surface area is 80.6 Å². The van der Waals surface area contributed by atoms with Crippen molar-refractivity contribution in [2.45, 2.75) is 20.3 Å². The normalized spacial score (nSPS) is 7.07. The third-order valence-corrected chi connectivity index (χ3v) is 0.438. The second-order valence-corrected chi connectivity index (χ2v) is 1.82. The van der Waals surface area contributed by atoms with Gasteiger partial charge < -0.3 is 20.4 Å². The van der Waals surface area contributed by atoms with Gasteiger partial charge in [0.25, 0.3) is 5.97 Å². The Bertz CT molecular complexity index is 157. The SMILES string of the molecule is CC(=O)O.CCC(=O)O.O=C(O)CO. The Morgan fingerprint density at radius 3 is 1.14 bits per heavy atom. The van der Waals surface area contributed by atoms with E-state index in [1.165, 1.54) is 0 Å². The first kappa shape index (κ1) is 18.2. The molecular weight excluding hydrogens is 196 g/mol. The van der Waals surface area contributed by atoms with Crippen molar-refractivity contribution in [3.05, 3.63) is 0 Å². The van der Waals surface area contributed by atoms with Crippen molar-refractivity contribution < 1.29 is 34.8 Å². The highest BCUT2D eigenvalue weighted by Crippen LogP contribution is 1.67. The molecule has 4 N–H and O–H groups in total. The molecule has 0 aromatic carbocycles. The average Bonchev–Trinajstić information content (AvgIpc) is 2.04. The van der Waals surface area contributed by atoms with Crippen molar-refractivity contribution in [3.8, 4) is 0 Å². The summed E-state index contributed by atoms with van der Waals surface area (Å²) in [5, 5.41) is 30.2. The van der Waals surface area contributed by atoms with Gasteiger partial charge in [0, 0.05) is 13.3 Å². The van der Waals surface area contributed by atoms with Crippen molar-refractivity contribution >= 4 is 17.9 Å². The first-order valence-electron chi connectivity index (χ1n) is 3.51. The molecular formula is C7H14O7. The van der Waals surface area contributed by atoms with Crippen LogP contribution in [0.25, 0.3) is 0 Å². The van der Waals surface area contributed by atoms with Crippen LogP contribution in [0.1, 0.15) is 20.3 Å². The number of carbonyl (C=O) groups is 3. The van der Waals surface area contributed by atoms with Gasteiger partial charge in [0.2, 0.25) is 0 Å². The largest absolute Gasteiger partial charge is 0.481 e. The molecule has 7 heteroatoms. The molecule has 0 aromatic heterocycles. The lowest BCUT2D eigenvalue weighted by Crippen LogP contribution is -1.98. The molecule has 0 heterocycles. The van der Waals surface area contributed by atoms with Gasteiger partial charge in [0.15, 0.2) is 0 Å². The van der Waals surface area contributed by atoms with Gasteiger partial charge in [-0.2, -0.15) is 0 Å².